The molecular formula is C20H18FN3O3S. The van der Waals surface area contributed by atoms with Crippen LogP contribution < -0.4 is 10.2 Å². The quantitative estimate of drug-likeness (QED) is 0.660. The van der Waals surface area contributed by atoms with Gasteiger partial charge in [0.15, 0.2) is 0 Å². The highest BCUT2D eigenvalue weighted by molar-refractivity contribution is 7.80. The molecule has 0 spiro atoms. The van der Waals surface area contributed by atoms with E-state index >= 15 is 0 Å². The van der Waals surface area contributed by atoms with Gasteiger partial charge in [0, 0.05) is 24.2 Å². The Labute approximate surface area is 166 Å². The highest BCUT2D eigenvalue weighted by Gasteiger charge is 2.32. The number of nitrogens with zero attached hydrogens (tertiary/aromatic N) is 2. The Morgan fingerprint density at radius 3 is 2.86 bits per heavy atom. The SMILES string of the molecule is CC(=O)NCC1CN(c2ccc(-c3ccn4c(S)ccc4c3)c(F)c2)C(=O)O1. The molecule has 2 aromatic heterocycles. The first-order chi connectivity index (χ1) is 13.4. The first kappa shape index (κ1) is 18.4. The van der Waals surface area contributed by atoms with E-state index in [1.54, 1.807) is 12.1 Å². The average Bonchev–Trinajstić information content (AvgIpc) is 3.22. The molecule has 144 valence electrons. The molecule has 0 aliphatic carbocycles. The molecular weight excluding hydrogens is 381 g/mol. The van der Waals surface area contributed by atoms with Gasteiger partial charge in [0.1, 0.15) is 11.9 Å². The summed E-state index contributed by atoms with van der Waals surface area (Å²) < 4.78 is 21.9. The molecule has 28 heavy (non-hydrogen) atoms. The number of aromatic nitrogens is 1. The van der Waals surface area contributed by atoms with Gasteiger partial charge < -0.3 is 14.5 Å². The zero-order valence-electron chi connectivity index (χ0n) is 15.1. The summed E-state index contributed by atoms with van der Waals surface area (Å²) in [6.07, 6.45) is 0.815. The normalized spacial score (nSPS) is 16.5. The molecule has 1 saturated heterocycles. The average molecular weight is 399 g/mol. The number of rotatable bonds is 4. The predicted octanol–water partition coefficient (Wildman–Crippen LogP) is 3.50. The summed E-state index contributed by atoms with van der Waals surface area (Å²) in [6.45, 7) is 1.87. The molecule has 4 rings (SSSR count). The van der Waals surface area contributed by atoms with Crippen LogP contribution in [0.15, 0.2) is 53.7 Å². The monoisotopic (exact) mass is 399 g/mol. The van der Waals surface area contributed by atoms with Gasteiger partial charge in [0.2, 0.25) is 5.91 Å². The highest BCUT2D eigenvalue weighted by atomic mass is 32.1. The lowest BCUT2D eigenvalue weighted by Gasteiger charge is -2.14. The summed E-state index contributed by atoms with van der Waals surface area (Å²) in [5.74, 6) is -0.632. The number of fused-ring (bicyclic) bond motifs is 1. The Bertz CT molecular complexity index is 1080. The first-order valence-electron chi connectivity index (χ1n) is 8.75. The minimum atomic E-state index is -0.557. The van der Waals surface area contributed by atoms with E-state index in [2.05, 4.69) is 17.9 Å². The van der Waals surface area contributed by atoms with Gasteiger partial charge >= 0.3 is 6.09 Å². The fourth-order valence-electron chi connectivity index (χ4n) is 3.26. The maximum Gasteiger partial charge on any atom is 0.414 e. The van der Waals surface area contributed by atoms with Crippen LogP contribution in [0, 0.1) is 5.82 Å². The van der Waals surface area contributed by atoms with Crippen molar-refractivity contribution < 1.29 is 18.7 Å². The first-order valence-corrected chi connectivity index (χ1v) is 9.19. The number of halogens is 1. The smallest absolute Gasteiger partial charge is 0.414 e. The summed E-state index contributed by atoms with van der Waals surface area (Å²) >= 11 is 4.36. The number of amides is 2. The van der Waals surface area contributed by atoms with Crippen LogP contribution in [0.5, 0.6) is 0 Å². The van der Waals surface area contributed by atoms with Crippen molar-refractivity contribution in [3.05, 3.63) is 54.5 Å². The van der Waals surface area contributed by atoms with Crippen molar-refractivity contribution in [1.82, 2.24) is 9.72 Å². The van der Waals surface area contributed by atoms with Gasteiger partial charge in [0.05, 0.1) is 23.8 Å². The summed E-state index contributed by atoms with van der Waals surface area (Å²) in [7, 11) is 0. The van der Waals surface area contributed by atoms with Crippen LogP contribution in [0.2, 0.25) is 0 Å². The van der Waals surface area contributed by atoms with E-state index in [4.69, 9.17) is 4.74 Å². The molecule has 1 aromatic carbocycles. The molecule has 1 unspecified atom stereocenters. The molecule has 1 fully saturated rings. The maximum atomic E-state index is 14.8. The number of pyridine rings is 1. The minimum Gasteiger partial charge on any atom is -0.442 e. The van der Waals surface area contributed by atoms with E-state index in [0.717, 1.165) is 16.1 Å². The topological polar surface area (TPSA) is 63.0 Å². The molecule has 1 aliphatic rings. The number of anilines is 1. The minimum absolute atomic E-state index is 0.199. The fourth-order valence-corrected chi connectivity index (χ4v) is 3.52. The Hall–Kier alpha value is -3.00. The maximum absolute atomic E-state index is 14.8. The second-order valence-corrected chi connectivity index (χ2v) is 7.08. The number of thiol groups is 1. The summed E-state index contributed by atoms with van der Waals surface area (Å²) in [5.41, 5.74) is 2.50. The third-order valence-corrected chi connectivity index (χ3v) is 5.03. The van der Waals surface area contributed by atoms with E-state index in [1.165, 1.54) is 17.9 Å². The van der Waals surface area contributed by atoms with Gasteiger partial charge in [-0.2, -0.15) is 0 Å². The predicted molar refractivity (Wildman–Crippen MR) is 106 cm³/mol. The van der Waals surface area contributed by atoms with Gasteiger partial charge in [0.25, 0.3) is 0 Å². The van der Waals surface area contributed by atoms with Crippen molar-refractivity contribution in [3.63, 3.8) is 0 Å². The molecule has 0 saturated carbocycles. The number of carbonyl (C=O) groups excluding carboxylic acids is 2. The van der Waals surface area contributed by atoms with Crippen LogP contribution in [0.1, 0.15) is 6.92 Å². The lowest BCUT2D eigenvalue weighted by atomic mass is 10.1. The zero-order valence-corrected chi connectivity index (χ0v) is 15.9. The number of benzene rings is 1. The Balaban J connectivity index is 1.57. The molecule has 1 N–H and O–H groups in total. The largest absolute Gasteiger partial charge is 0.442 e. The molecule has 3 aromatic rings. The Morgan fingerprint density at radius 2 is 2.11 bits per heavy atom. The van der Waals surface area contributed by atoms with Crippen molar-refractivity contribution >= 4 is 35.8 Å². The van der Waals surface area contributed by atoms with Crippen molar-refractivity contribution in [3.8, 4) is 11.1 Å². The fraction of sp³-hybridized carbons (Fsp3) is 0.200. The standard InChI is InChI=1S/C20H18FN3O3S/c1-12(25)22-10-16-11-24(20(26)27-16)15-2-4-17(18(21)9-15)13-6-7-23-14(8-13)3-5-19(23)28/h2-9,16,28H,10-11H2,1H3,(H,22,25). The van der Waals surface area contributed by atoms with Crippen LogP contribution in [-0.4, -0.2) is 35.6 Å². The summed E-state index contributed by atoms with van der Waals surface area (Å²) in [4.78, 5) is 24.5. The van der Waals surface area contributed by atoms with Gasteiger partial charge in [-0.05, 0) is 48.0 Å². The second-order valence-electron chi connectivity index (χ2n) is 6.62. The highest BCUT2D eigenvalue weighted by Crippen LogP contribution is 2.30. The molecule has 1 atom stereocenters. The van der Waals surface area contributed by atoms with E-state index in [-0.39, 0.29) is 19.0 Å². The lowest BCUT2D eigenvalue weighted by Crippen LogP contribution is -2.33. The summed E-state index contributed by atoms with van der Waals surface area (Å²) in [6, 6.07) is 12.1. The number of ether oxygens (including phenoxy) is 1. The number of carbonyl (C=O) groups is 2. The summed E-state index contributed by atoms with van der Waals surface area (Å²) in [5, 5.41) is 3.42. The molecule has 0 radical (unpaired) electrons. The third kappa shape index (κ3) is 3.43. The number of hydrogen-bond donors (Lipinski definition) is 2. The lowest BCUT2D eigenvalue weighted by molar-refractivity contribution is -0.119. The van der Waals surface area contributed by atoms with Crippen molar-refractivity contribution in [2.24, 2.45) is 0 Å². The molecule has 2 amide bonds. The third-order valence-electron chi connectivity index (χ3n) is 4.66. The van der Waals surface area contributed by atoms with Crippen molar-refractivity contribution in [2.45, 2.75) is 18.1 Å². The number of hydrogen-bond acceptors (Lipinski definition) is 4. The number of nitrogens with one attached hydrogen (secondary N) is 1. The van der Waals surface area contributed by atoms with E-state index in [1.807, 2.05) is 34.9 Å². The van der Waals surface area contributed by atoms with Gasteiger partial charge in [-0.1, -0.05) is 0 Å². The van der Waals surface area contributed by atoms with E-state index in [9.17, 15) is 14.0 Å². The van der Waals surface area contributed by atoms with Crippen LogP contribution in [-0.2, 0) is 9.53 Å². The molecule has 6 nitrogen and oxygen atoms in total. The van der Waals surface area contributed by atoms with Crippen molar-refractivity contribution in [1.29, 1.82) is 0 Å². The van der Waals surface area contributed by atoms with Gasteiger partial charge in [-0.3, -0.25) is 9.69 Å². The van der Waals surface area contributed by atoms with Crippen LogP contribution in [0.25, 0.3) is 16.6 Å². The van der Waals surface area contributed by atoms with Crippen LogP contribution >= 0.6 is 12.6 Å². The van der Waals surface area contributed by atoms with Gasteiger partial charge in [-0.15, -0.1) is 12.6 Å². The zero-order chi connectivity index (χ0) is 19.8. The molecule has 0 bridgehead atoms. The van der Waals surface area contributed by atoms with E-state index < -0.39 is 18.0 Å². The Morgan fingerprint density at radius 1 is 1.29 bits per heavy atom. The second kappa shape index (κ2) is 7.20. The Kier molecular flexibility index (Phi) is 4.72. The van der Waals surface area contributed by atoms with Crippen LogP contribution in [0.3, 0.4) is 0 Å². The van der Waals surface area contributed by atoms with Gasteiger partial charge in [-0.25, -0.2) is 9.18 Å². The van der Waals surface area contributed by atoms with Crippen LogP contribution in [0.4, 0.5) is 14.9 Å². The van der Waals surface area contributed by atoms with E-state index in [0.29, 0.717) is 11.3 Å². The van der Waals surface area contributed by atoms with Crippen molar-refractivity contribution in [2.75, 3.05) is 18.0 Å². The number of cyclic esters (lactones) is 1. The molecule has 1 aliphatic heterocycles. The molecule has 3 heterocycles. The molecule has 8 heteroatoms.